The quantitative estimate of drug-likeness (QED) is 0.417. The molecule has 0 aliphatic carbocycles. The van der Waals surface area contributed by atoms with Crippen molar-refractivity contribution in [1.29, 1.82) is 0 Å². The van der Waals surface area contributed by atoms with Gasteiger partial charge in [-0.1, -0.05) is 0 Å². The highest BCUT2D eigenvalue weighted by atomic mass is 16.6. The van der Waals surface area contributed by atoms with Crippen molar-refractivity contribution in [3.05, 3.63) is 34.4 Å². The third-order valence-corrected chi connectivity index (χ3v) is 1.46. The first-order valence-corrected chi connectivity index (χ1v) is 3.97. The number of aliphatic hydroxyl groups excluding tert-OH is 1. The Morgan fingerprint density at radius 2 is 2.07 bits per heavy atom. The van der Waals surface area contributed by atoms with Gasteiger partial charge >= 0.3 is 0 Å². The summed E-state index contributed by atoms with van der Waals surface area (Å²) in [5.41, 5.74) is 3.16. The Morgan fingerprint density at radius 1 is 1.43 bits per heavy atom. The van der Waals surface area contributed by atoms with Crippen molar-refractivity contribution >= 4 is 11.4 Å². The molecule has 0 aromatic heterocycles. The summed E-state index contributed by atoms with van der Waals surface area (Å²) in [6.07, 6.45) is 0. The van der Waals surface area contributed by atoms with Crippen LogP contribution in [0.25, 0.3) is 0 Å². The predicted molar refractivity (Wildman–Crippen MR) is 49.8 cm³/mol. The van der Waals surface area contributed by atoms with Crippen LogP contribution in [0.3, 0.4) is 0 Å². The number of aliphatic hydroxyl groups is 1. The lowest BCUT2D eigenvalue weighted by Gasteiger charge is -2.04. The van der Waals surface area contributed by atoms with Crippen molar-refractivity contribution in [2.45, 2.75) is 0 Å². The summed E-state index contributed by atoms with van der Waals surface area (Å²) in [7, 11) is 0. The third kappa shape index (κ3) is 3.00. The first kappa shape index (κ1) is 10.4. The number of rotatable bonds is 5. The molecule has 0 amide bonds. The Balaban J connectivity index is 2.51. The van der Waals surface area contributed by atoms with Crippen LogP contribution in [0.2, 0.25) is 0 Å². The number of anilines is 1. The average molecular weight is 198 g/mol. The van der Waals surface area contributed by atoms with Gasteiger partial charge in [-0.15, -0.1) is 0 Å². The van der Waals surface area contributed by atoms with Crippen LogP contribution in [0.4, 0.5) is 11.4 Å². The normalized spacial score (nSPS) is 9.79. The fourth-order valence-corrected chi connectivity index (χ4v) is 0.831. The van der Waals surface area contributed by atoms with Crippen molar-refractivity contribution in [2.24, 2.45) is 0 Å². The molecular formula is C8H10N2O4. The van der Waals surface area contributed by atoms with E-state index in [1.807, 2.05) is 0 Å². The molecule has 6 nitrogen and oxygen atoms in total. The smallest absolute Gasteiger partial charge is 0.269 e. The number of nitrogens with one attached hydrogen (secondary N) is 1. The summed E-state index contributed by atoms with van der Waals surface area (Å²) < 4.78 is 0. The summed E-state index contributed by atoms with van der Waals surface area (Å²) >= 11 is 0. The minimum Gasteiger partial charge on any atom is -0.394 e. The number of nitro benzene ring substituents is 1. The standard InChI is InChI=1S/C8H10N2O4/c11-5-6-14-9-7-1-3-8(4-2-7)10(12)13/h1-4,9,11H,5-6H2. The van der Waals surface area contributed by atoms with E-state index in [1.54, 1.807) is 0 Å². The fraction of sp³-hybridized carbons (Fsp3) is 0.250. The molecule has 14 heavy (non-hydrogen) atoms. The topological polar surface area (TPSA) is 84.6 Å². The monoisotopic (exact) mass is 198 g/mol. The van der Waals surface area contributed by atoms with Gasteiger partial charge < -0.3 is 5.11 Å². The summed E-state index contributed by atoms with van der Waals surface area (Å²) in [5, 5.41) is 18.7. The second-order valence-corrected chi connectivity index (χ2v) is 2.48. The molecule has 0 atom stereocenters. The average Bonchev–Trinajstić information content (AvgIpc) is 2.19. The van der Waals surface area contributed by atoms with E-state index >= 15 is 0 Å². The molecule has 0 aliphatic rings. The van der Waals surface area contributed by atoms with Gasteiger partial charge in [0, 0.05) is 12.1 Å². The van der Waals surface area contributed by atoms with Crippen molar-refractivity contribution in [1.82, 2.24) is 0 Å². The van der Waals surface area contributed by atoms with Crippen LogP contribution in [0.5, 0.6) is 0 Å². The Kier molecular flexibility index (Phi) is 3.84. The molecule has 0 spiro atoms. The van der Waals surface area contributed by atoms with Crippen LogP contribution in [0.15, 0.2) is 24.3 Å². The lowest BCUT2D eigenvalue weighted by Crippen LogP contribution is -2.05. The van der Waals surface area contributed by atoms with Crippen molar-refractivity contribution < 1.29 is 14.9 Å². The lowest BCUT2D eigenvalue weighted by molar-refractivity contribution is -0.384. The zero-order chi connectivity index (χ0) is 10.4. The van der Waals surface area contributed by atoms with E-state index in [9.17, 15) is 10.1 Å². The highest BCUT2D eigenvalue weighted by Crippen LogP contribution is 2.14. The van der Waals surface area contributed by atoms with Gasteiger partial charge in [0.1, 0.15) is 0 Å². The minimum atomic E-state index is -0.474. The Labute approximate surface area is 80.2 Å². The first-order valence-electron chi connectivity index (χ1n) is 3.97. The van der Waals surface area contributed by atoms with Gasteiger partial charge in [0.15, 0.2) is 0 Å². The molecule has 1 aromatic carbocycles. The summed E-state index contributed by atoms with van der Waals surface area (Å²) in [5.74, 6) is 0. The molecule has 0 fully saturated rings. The molecule has 0 unspecified atom stereocenters. The molecule has 76 valence electrons. The van der Waals surface area contributed by atoms with Gasteiger partial charge in [-0.25, -0.2) is 0 Å². The van der Waals surface area contributed by atoms with Crippen molar-refractivity contribution in [2.75, 3.05) is 18.7 Å². The first-order chi connectivity index (χ1) is 6.74. The van der Waals surface area contributed by atoms with Crippen LogP contribution < -0.4 is 5.48 Å². The predicted octanol–water partition coefficient (Wildman–Crippen LogP) is 0.931. The molecule has 0 saturated heterocycles. The van der Waals surface area contributed by atoms with E-state index in [0.717, 1.165) is 0 Å². The SMILES string of the molecule is O=[N+]([O-])c1ccc(NOCCO)cc1. The highest BCUT2D eigenvalue weighted by Gasteiger charge is 2.02. The second kappa shape index (κ2) is 5.15. The molecule has 1 aromatic rings. The number of hydrogen-bond acceptors (Lipinski definition) is 5. The van der Waals surface area contributed by atoms with E-state index in [2.05, 4.69) is 5.48 Å². The van der Waals surface area contributed by atoms with Gasteiger partial charge in [0.2, 0.25) is 0 Å². The van der Waals surface area contributed by atoms with Gasteiger partial charge in [-0.2, -0.15) is 0 Å². The van der Waals surface area contributed by atoms with Crippen molar-refractivity contribution in [3.63, 3.8) is 0 Å². The molecule has 0 bridgehead atoms. The molecule has 0 radical (unpaired) electrons. The Bertz CT molecular complexity index is 299. The number of non-ortho nitro benzene ring substituents is 1. The maximum atomic E-state index is 10.3. The zero-order valence-electron chi connectivity index (χ0n) is 7.34. The molecule has 2 N–H and O–H groups in total. The molecule has 0 heterocycles. The number of nitro groups is 1. The highest BCUT2D eigenvalue weighted by molar-refractivity contribution is 5.46. The molecule has 1 rings (SSSR count). The molecule has 6 heteroatoms. The molecular weight excluding hydrogens is 188 g/mol. The van der Waals surface area contributed by atoms with E-state index in [-0.39, 0.29) is 18.9 Å². The van der Waals surface area contributed by atoms with Crippen LogP contribution >= 0.6 is 0 Å². The Hall–Kier alpha value is -1.66. The van der Waals surface area contributed by atoms with E-state index < -0.39 is 4.92 Å². The van der Waals surface area contributed by atoms with Gasteiger partial charge in [-0.3, -0.25) is 20.4 Å². The van der Waals surface area contributed by atoms with Gasteiger partial charge in [0.25, 0.3) is 5.69 Å². The van der Waals surface area contributed by atoms with E-state index in [4.69, 9.17) is 9.94 Å². The van der Waals surface area contributed by atoms with Crippen LogP contribution in [0.1, 0.15) is 0 Å². The van der Waals surface area contributed by atoms with Gasteiger partial charge in [0.05, 0.1) is 23.8 Å². The van der Waals surface area contributed by atoms with Gasteiger partial charge in [-0.05, 0) is 12.1 Å². The third-order valence-electron chi connectivity index (χ3n) is 1.46. The maximum absolute atomic E-state index is 10.3. The number of benzene rings is 1. The Morgan fingerprint density at radius 3 is 2.57 bits per heavy atom. The molecule has 0 aliphatic heterocycles. The van der Waals surface area contributed by atoms with Crippen LogP contribution in [-0.4, -0.2) is 23.2 Å². The van der Waals surface area contributed by atoms with Crippen LogP contribution in [0, 0.1) is 10.1 Å². The number of nitrogens with zero attached hydrogens (tertiary/aromatic N) is 1. The van der Waals surface area contributed by atoms with Crippen LogP contribution in [-0.2, 0) is 4.84 Å². The zero-order valence-corrected chi connectivity index (χ0v) is 7.34. The second-order valence-electron chi connectivity index (χ2n) is 2.48. The largest absolute Gasteiger partial charge is 0.394 e. The van der Waals surface area contributed by atoms with E-state index in [0.29, 0.717) is 5.69 Å². The van der Waals surface area contributed by atoms with Crippen molar-refractivity contribution in [3.8, 4) is 0 Å². The fourth-order valence-electron chi connectivity index (χ4n) is 0.831. The number of hydrogen-bond donors (Lipinski definition) is 2. The molecule has 0 saturated carbocycles. The van der Waals surface area contributed by atoms with E-state index in [1.165, 1.54) is 24.3 Å². The summed E-state index contributed by atoms with van der Waals surface area (Å²) in [6.45, 7) is 0.0803. The summed E-state index contributed by atoms with van der Waals surface area (Å²) in [6, 6.07) is 5.78. The lowest BCUT2D eigenvalue weighted by atomic mass is 10.3. The summed E-state index contributed by atoms with van der Waals surface area (Å²) in [4.78, 5) is 14.6. The maximum Gasteiger partial charge on any atom is 0.269 e. The minimum absolute atomic E-state index is 0.0257.